The molecule has 0 aliphatic rings. The van der Waals surface area contributed by atoms with Crippen LogP contribution in [0.2, 0.25) is 5.28 Å². The third-order valence-corrected chi connectivity index (χ3v) is 4.98. The molecule has 0 aliphatic carbocycles. The van der Waals surface area contributed by atoms with Crippen LogP contribution < -0.4 is 15.2 Å². The van der Waals surface area contributed by atoms with Crippen molar-refractivity contribution < 1.29 is 24.4 Å². The molecule has 176 valence electrons. The molecule has 5 N–H and O–H groups in total. The summed E-state index contributed by atoms with van der Waals surface area (Å²) < 4.78 is 16.6. The van der Waals surface area contributed by atoms with Crippen LogP contribution in [0.4, 0.5) is 17.6 Å². The number of halogens is 1. The Morgan fingerprint density at radius 2 is 1.88 bits per heavy atom. The highest BCUT2D eigenvalue weighted by Crippen LogP contribution is 2.31. The Hall–Kier alpha value is -3.64. The van der Waals surface area contributed by atoms with Crippen molar-refractivity contribution in [1.29, 1.82) is 0 Å². The summed E-state index contributed by atoms with van der Waals surface area (Å²) in [6, 6.07) is 9.51. The summed E-state index contributed by atoms with van der Waals surface area (Å²) in [5.41, 5.74) is 1.88. The number of anilines is 3. The number of aromatic nitrogens is 6. The van der Waals surface area contributed by atoms with Gasteiger partial charge in [-0.1, -0.05) is 0 Å². The summed E-state index contributed by atoms with van der Waals surface area (Å²) in [5, 5.41) is 43.0. The molecule has 0 bridgehead atoms. The van der Waals surface area contributed by atoms with Crippen molar-refractivity contribution in [3.8, 4) is 17.2 Å². The lowest BCUT2D eigenvalue weighted by molar-refractivity contribution is 0.105. The number of aliphatic hydroxyl groups is 2. The molecule has 0 saturated carbocycles. The van der Waals surface area contributed by atoms with Crippen LogP contribution in [0.15, 0.2) is 36.4 Å². The molecule has 0 fully saturated rings. The van der Waals surface area contributed by atoms with E-state index in [9.17, 15) is 14.8 Å². The van der Waals surface area contributed by atoms with Crippen LogP contribution in [0.1, 0.15) is 0 Å². The van der Waals surface area contributed by atoms with E-state index in [1.54, 1.807) is 18.2 Å². The van der Waals surface area contributed by atoms with E-state index in [4.69, 9.17) is 21.2 Å². The molecule has 13 nitrogen and oxygen atoms in total. The topological polar surface area (TPSA) is 180 Å². The second kappa shape index (κ2) is 10.1. The molecule has 2 aromatic carbocycles. The van der Waals surface area contributed by atoms with E-state index in [1.807, 2.05) is 0 Å². The molecule has 4 rings (SSSR count). The van der Waals surface area contributed by atoms with Gasteiger partial charge in [-0.2, -0.15) is 15.0 Å². The SMILES string of the molecule is C[P+](=O)Oc1ccc(O)c(-n2nc3ccc(Nc4nc(Cl)nc(NCC(O)CO)n4)cc3n2)c1. The summed E-state index contributed by atoms with van der Waals surface area (Å²) in [6.07, 6.45) is -0.978. The Morgan fingerprint density at radius 1 is 1.12 bits per heavy atom. The van der Waals surface area contributed by atoms with Gasteiger partial charge < -0.3 is 26.0 Å². The van der Waals surface area contributed by atoms with E-state index in [2.05, 4.69) is 35.8 Å². The number of fused-ring (bicyclic) bond motifs is 1. The number of phenols is 1. The fourth-order valence-electron chi connectivity index (χ4n) is 2.86. The Kier molecular flexibility index (Phi) is 6.98. The molecule has 15 heteroatoms. The van der Waals surface area contributed by atoms with Crippen LogP contribution in [-0.4, -0.2) is 71.2 Å². The number of benzene rings is 2. The quantitative estimate of drug-likeness (QED) is 0.209. The summed E-state index contributed by atoms with van der Waals surface area (Å²) >= 11 is 5.96. The predicted molar refractivity (Wildman–Crippen MR) is 124 cm³/mol. The van der Waals surface area contributed by atoms with E-state index in [0.29, 0.717) is 22.5 Å². The smallest absolute Gasteiger partial charge is 0.506 e. The first-order valence-electron chi connectivity index (χ1n) is 9.81. The molecule has 4 aromatic rings. The number of aromatic hydroxyl groups is 1. The lowest BCUT2D eigenvalue weighted by atomic mass is 10.3. The first-order chi connectivity index (χ1) is 16.3. The Labute approximate surface area is 198 Å². The molecular weight excluding hydrogens is 487 g/mol. The largest absolute Gasteiger partial charge is 0.552 e. The average molecular weight is 506 g/mol. The number of aliphatic hydroxyl groups excluding tert-OH is 2. The number of nitrogens with zero attached hydrogens (tertiary/aromatic N) is 6. The van der Waals surface area contributed by atoms with Gasteiger partial charge in [0.1, 0.15) is 22.5 Å². The molecule has 2 atom stereocenters. The van der Waals surface area contributed by atoms with Crippen LogP contribution in [0.3, 0.4) is 0 Å². The van der Waals surface area contributed by atoms with Crippen molar-refractivity contribution in [3.63, 3.8) is 0 Å². The van der Waals surface area contributed by atoms with Crippen LogP contribution >= 0.6 is 19.6 Å². The summed E-state index contributed by atoms with van der Waals surface area (Å²) in [4.78, 5) is 13.4. The van der Waals surface area contributed by atoms with Gasteiger partial charge in [0.2, 0.25) is 17.2 Å². The Bertz CT molecular complexity index is 1350. The minimum Gasteiger partial charge on any atom is -0.506 e. The first kappa shape index (κ1) is 23.5. The van der Waals surface area contributed by atoms with Gasteiger partial charge >= 0.3 is 8.03 Å². The summed E-state index contributed by atoms with van der Waals surface area (Å²) in [6.45, 7) is 1.04. The van der Waals surface area contributed by atoms with Crippen molar-refractivity contribution in [2.75, 3.05) is 30.5 Å². The molecular formula is C19H19ClN8O5P+. The van der Waals surface area contributed by atoms with Gasteiger partial charge in [-0.15, -0.1) is 15.0 Å². The molecule has 34 heavy (non-hydrogen) atoms. The number of phenolic OH excluding ortho intramolecular Hbond substituents is 1. The molecule has 0 amide bonds. The maximum Gasteiger partial charge on any atom is 0.552 e. The molecule has 2 heterocycles. The van der Waals surface area contributed by atoms with Gasteiger partial charge in [-0.05, 0) is 46.5 Å². The fourth-order valence-corrected chi connectivity index (χ4v) is 3.43. The number of nitrogens with one attached hydrogen (secondary N) is 2. The summed E-state index contributed by atoms with van der Waals surface area (Å²) in [7, 11) is -1.87. The Morgan fingerprint density at radius 3 is 2.65 bits per heavy atom. The molecule has 0 aliphatic heterocycles. The third kappa shape index (κ3) is 5.64. The first-order valence-corrected chi connectivity index (χ1v) is 11.8. The minimum atomic E-state index is -1.87. The van der Waals surface area contributed by atoms with E-state index < -0.39 is 20.7 Å². The number of hydrogen-bond acceptors (Lipinski definition) is 12. The van der Waals surface area contributed by atoms with Crippen molar-refractivity contribution in [2.24, 2.45) is 0 Å². The zero-order valence-electron chi connectivity index (χ0n) is 17.6. The Balaban J connectivity index is 1.58. The molecule has 2 aromatic heterocycles. The highest BCUT2D eigenvalue weighted by molar-refractivity contribution is 7.38. The normalized spacial score (nSPS) is 12.4. The van der Waals surface area contributed by atoms with E-state index >= 15 is 0 Å². The van der Waals surface area contributed by atoms with E-state index in [1.165, 1.54) is 29.7 Å². The van der Waals surface area contributed by atoms with Gasteiger partial charge in [0.05, 0.1) is 12.7 Å². The lowest BCUT2D eigenvalue weighted by Crippen LogP contribution is -2.24. The average Bonchev–Trinajstić information content (AvgIpc) is 3.21. The number of rotatable bonds is 9. The lowest BCUT2D eigenvalue weighted by Gasteiger charge is -2.10. The maximum absolute atomic E-state index is 11.4. The van der Waals surface area contributed by atoms with Crippen LogP contribution in [-0.2, 0) is 4.57 Å². The zero-order valence-corrected chi connectivity index (χ0v) is 19.3. The monoisotopic (exact) mass is 505 g/mol. The summed E-state index contributed by atoms with van der Waals surface area (Å²) in [5.74, 6) is 0.489. The second-order valence-corrected chi connectivity index (χ2v) is 8.37. The molecule has 2 unspecified atom stereocenters. The molecule has 0 saturated heterocycles. The third-order valence-electron chi connectivity index (χ3n) is 4.35. The fraction of sp³-hybridized carbons (Fsp3) is 0.211. The standard InChI is InChI=1S/C19H18ClN8O5P/c1-34(32)33-12-3-5-16(31)15(7-12)28-26-13-4-2-10(6-14(13)27-28)22-19-24-17(20)23-18(25-19)21-8-11(30)9-29/h2-7,11,29-30H,8-9H2,1H3,(H2-,21,22,23,24,25,27,31)/p+1. The van der Waals surface area contributed by atoms with E-state index in [0.717, 1.165) is 0 Å². The highest BCUT2D eigenvalue weighted by Gasteiger charge is 2.15. The maximum atomic E-state index is 11.4. The van der Waals surface area contributed by atoms with Gasteiger partial charge in [-0.25, -0.2) is 0 Å². The second-order valence-electron chi connectivity index (χ2n) is 6.97. The predicted octanol–water partition coefficient (Wildman–Crippen LogP) is 2.22. The van der Waals surface area contributed by atoms with Gasteiger partial charge in [0, 0.05) is 18.3 Å². The van der Waals surface area contributed by atoms with Crippen molar-refractivity contribution in [2.45, 2.75) is 6.10 Å². The van der Waals surface area contributed by atoms with Crippen LogP contribution in [0.5, 0.6) is 11.5 Å². The van der Waals surface area contributed by atoms with Crippen molar-refractivity contribution in [3.05, 3.63) is 41.7 Å². The molecule has 0 radical (unpaired) electrons. The van der Waals surface area contributed by atoms with Crippen molar-refractivity contribution in [1.82, 2.24) is 29.9 Å². The van der Waals surface area contributed by atoms with Gasteiger partial charge in [0.15, 0.2) is 12.4 Å². The number of hydrogen-bond donors (Lipinski definition) is 5. The van der Waals surface area contributed by atoms with Gasteiger partial charge in [0.25, 0.3) is 0 Å². The van der Waals surface area contributed by atoms with E-state index in [-0.39, 0.29) is 35.2 Å². The van der Waals surface area contributed by atoms with Crippen molar-refractivity contribution >= 4 is 48.2 Å². The van der Waals surface area contributed by atoms with Gasteiger partial charge in [-0.3, -0.25) is 4.52 Å². The minimum absolute atomic E-state index is 0.0270. The highest BCUT2D eigenvalue weighted by atomic mass is 35.5. The van der Waals surface area contributed by atoms with Crippen LogP contribution in [0, 0.1) is 0 Å². The van der Waals surface area contributed by atoms with Crippen LogP contribution in [0.25, 0.3) is 16.7 Å². The zero-order chi connectivity index (χ0) is 24.2. The molecule has 0 spiro atoms.